The van der Waals surface area contributed by atoms with Gasteiger partial charge in [0.15, 0.2) is 0 Å². The summed E-state index contributed by atoms with van der Waals surface area (Å²) in [5, 5.41) is 9.78. The van der Waals surface area contributed by atoms with Crippen LogP contribution in [0.5, 0.6) is 0 Å². The summed E-state index contributed by atoms with van der Waals surface area (Å²) in [4.78, 5) is 10.6. The topological polar surface area (TPSA) is 63.3 Å². The van der Waals surface area contributed by atoms with Crippen LogP contribution in [0.15, 0.2) is 24.3 Å². The van der Waals surface area contributed by atoms with Gasteiger partial charge in [-0.2, -0.15) is 0 Å². The molecule has 0 aliphatic heterocycles. The van der Waals surface area contributed by atoms with Gasteiger partial charge in [-0.05, 0) is 24.0 Å². The maximum Gasteiger partial charge on any atom is 0.217 e. The second-order valence-electron chi connectivity index (χ2n) is 4.01. The Balaban J connectivity index is 2.55. The van der Waals surface area contributed by atoms with E-state index in [1.807, 2.05) is 24.3 Å². The Labute approximate surface area is 96.3 Å². The fraction of sp³-hybridized carbons (Fsp3) is 0.462. The van der Waals surface area contributed by atoms with Crippen LogP contribution in [-0.4, -0.2) is 11.0 Å². The van der Waals surface area contributed by atoms with Gasteiger partial charge in [0.05, 0.1) is 6.10 Å². The van der Waals surface area contributed by atoms with E-state index < -0.39 is 6.10 Å². The zero-order valence-corrected chi connectivity index (χ0v) is 9.65. The number of carbonyl (C=O) groups excluding carboxylic acids is 1. The third-order valence-electron chi connectivity index (χ3n) is 2.57. The highest BCUT2D eigenvalue weighted by atomic mass is 16.3. The van der Waals surface area contributed by atoms with Crippen LogP contribution in [0.3, 0.4) is 0 Å². The van der Waals surface area contributed by atoms with Gasteiger partial charge in [0.1, 0.15) is 0 Å². The van der Waals surface area contributed by atoms with E-state index in [0.717, 1.165) is 18.4 Å². The minimum absolute atomic E-state index is 0.220. The first kappa shape index (κ1) is 12.7. The number of primary amides is 1. The number of aryl methyl sites for hydroxylation is 1. The Morgan fingerprint density at radius 1 is 1.38 bits per heavy atom. The summed E-state index contributed by atoms with van der Waals surface area (Å²) >= 11 is 0. The van der Waals surface area contributed by atoms with Gasteiger partial charge in [0.2, 0.25) is 5.91 Å². The summed E-state index contributed by atoms with van der Waals surface area (Å²) in [5.74, 6) is -0.373. The number of aliphatic hydroxyl groups excluding tert-OH is 1. The zero-order chi connectivity index (χ0) is 12.0. The number of nitrogens with two attached hydrogens (primary N) is 1. The molecule has 0 spiro atoms. The summed E-state index contributed by atoms with van der Waals surface area (Å²) in [7, 11) is 0. The molecule has 0 aliphatic rings. The molecular weight excluding hydrogens is 202 g/mol. The van der Waals surface area contributed by atoms with E-state index in [4.69, 9.17) is 5.73 Å². The monoisotopic (exact) mass is 221 g/mol. The summed E-state index contributed by atoms with van der Waals surface area (Å²) in [6.07, 6.45) is 2.19. The molecule has 0 aromatic heterocycles. The van der Waals surface area contributed by atoms with Crippen molar-refractivity contribution in [3.05, 3.63) is 35.4 Å². The highest BCUT2D eigenvalue weighted by molar-refractivity contribution is 5.73. The van der Waals surface area contributed by atoms with Gasteiger partial charge in [-0.3, -0.25) is 4.79 Å². The molecule has 0 bridgehead atoms. The zero-order valence-electron chi connectivity index (χ0n) is 9.65. The van der Waals surface area contributed by atoms with Crippen LogP contribution < -0.4 is 5.73 Å². The number of hydrogen-bond donors (Lipinski definition) is 2. The average Bonchev–Trinajstić information content (AvgIpc) is 2.27. The van der Waals surface area contributed by atoms with Crippen molar-refractivity contribution < 1.29 is 9.90 Å². The summed E-state index contributed by atoms with van der Waals surface area (Å²) < 4.78 is 0. The van der Waals surface area contributed by atoms with Gasteiger partial charge in [-0.15, -0.1) is 0 Å². The van der Waals surface area contributed by atoms with Crippen molar-refractivity contribution in [2.45, 2.75) is 38.7 Å². The molecule has 0 fully saturated rings. The smallest absolute Gasteiger partial charge is 0.217 e. The molecule has 1 atom stereocenters. The predicted octanol–water partition coefficient (Wildman–Crippen LogP) is 1.94. The number of amides is 1. The van der Waals surface area contributed by atoms with Crippen molar-refractivity contribution in [3.8, 4) is 0 Å². The lowest BCUT2D eigenvalue weighted by atomic mass is 10.0. The minimum Gasteiger partial charge on any atom is -0.388 e. The third kappa shape index (κ3) is 4.03. The summed E-state index contributed by atoms with van der Waals surface area (Å²) in [5.41, 5.74) is 7.15. The molecule has 1 unspecified atom stereocenters. The highest BCUT2D eigenvalue weighted by Crippen LogP contribution is 2.18. The predicted molar refractivity (Wildman–Crippen MR) is 63.8 cm³/mol. The van der Waals surface area contributed by atoms with Gasteiger partial charge >= 0.3 is 0 Å². The van der Waals surface area contributed by atoms with Gasteiger partial charge < -0.3 is 10.8 Å². The molecule has 0 saturated carbocycles. The third-order valence-corrected chi connectivity index (χ3v) is 2.57. The van der Waals surface area contributed by atoms with E-state index in [9.17, 15) is 9.90 Å². The number of benzene rings is 1. The van der Waals surface area contributed by atoms with Crippen LogP contribution in [0.4, 0.5) is 0 Å². The Morgan fingerprint density at radius 2 is 2.00 bits per heavy atom. The highest BCUT2D eigenvalue weighted by Gasteiger charge is 2.08. The number of rotatable bonds is 6. The van der Waals surface area contributed by atoms with Crippen molar-refractivity contribution in [2.24, 2.45) is 5.73 Å². The first-order chi connectivity index (χ1) is 7.63. The number of aliphatic hydroxyl groups is 1. The van der Waals surface area contributed by atoms with E-state index in [0.29, 0.717) is 6.42 Å². The maximum absolute atomic E-state index is 10.6. The SMILES string of the molecule is CCCc1ccc(C(O)CCC(N)=O)cc1. The lowest BCUT2D eigenvalue weighted by Gasteiger charge is -2.10. The second-order valence-corrected chi connectivity index (χ2v) is 4.01. The lowest BCUT2D eigenvalue weighted by Crippen LogP contribution is -2.12. The number of hydrogen-bond acceptors (Lipinski definition) is 2. The Bertz CT molecular complexity index is 332. The molecule has 3 heteroatoms. The summed E-state index contributed by atoms with van der Waals surface area (Å²) in [6, 6.07) is 7.87. The Kier molecular flexibility index (Phi) is 4.99. The standard InChI is InChI=1S/C13H19NO2/c1-2-3-10-4-6-11(7-5-10)12(15)8-9-13(14)16/h4-7,12,15H,2-3,8-9H2,1H3,(H2,14,16). The molecule has 3 N–H and O–H groups in total. The molecule has 16 heavy (non-hydrogen) atoms. The van der Waals surface area contributed by atoms with Crippen molar-refractivity contribution >= 4 is 5.91 Å². The van der Waals surface area contributed by atoms with Gasteiger partial charge in [0.25, 0.3) is 0 Å². The fourth-order valence-corrected chi connectivity index (χ4v) is 1.64. The second kappa shape index (κ2) is 6.28. The van der Waals surface area contributed by atoms with E-state index in [1.165, 1.54) is 5.56 Å². The van der Waals surface area contributed by atoms with Crippen LogP contribution >= 0.6 is 0 Å². The molecule has 1 aromatic rings. The van der Waals surface area contributed by atoms with Crippen LogP contribution in [0.25, 0.3) is 0 Å². The largest absolute Gasteiger partial charge is 0.388 e. The molecular formula is C13H19NO2. The Morgan fingerprint density at radius 3 is 2.50 bits per heavy atom. The molecule has 88 valence electrons. The first-order valence-corrected chi connectivity index (χ1v) is 5.68. The van der Waals surface area contributed by atoms with Crippen LogP contribution in [-0.2, 0) is 11.2 Å². The van der Waals surface area contributed by atoms with E-state index in [1.54, 1.807) is 0 Å². The summed E-state index contributed by atoms with van der Waals surface area (Å²) in [6.45, 7) is 2.13. The van der Waals surface area contributed by atoms with Gasteiger partial charge in [-0.25, -0.2) is 0 Å². The van der Waals surface area contributed by atoms with E-state index >= 15 is 0 Å². The fourth-order valence-electron chi connectivity index (χ4n) is 1.64. The van der Waals surface area contributed by atoms with Crippen LogP contribution in [0.1, 0.15) is 43.4 Å². The van der Waals surface area contributed by atoms with E-state index in [2.05, 4.69) is 6.92 Å². The van der Waals surface area contributed by atoms with Crippen molar-refractivity contribution in [2.75, 3.05) is 0 Å². The van der Waals surface area contributed by atoms with Crippen molar-refractivity contribution in [1.29, 1.82) is 0 Å². The molecule has 1 aromatic carbocycles. The molecule has 1 amide bonds. The van der Waals surface area contributed by atoms with Gasteiger partial charge in [-0.1, -0.05) is 37.6 Å². The number of carbonyl (C=O) groups is 1. The van der Waals surface area contributed by atoms with Crippen molar-refractivity contribution in [1.82, 2.24) is 0 Å². The quantitative estimate of drug-likeness (QED) is 0.771. The normalized spacial score (nSPS) is 12.4. The molecule has 0 saturated heterocycles. The van der Waals surface area contributed by atoms with Crippen LogP contribution in [0.2, 0.25) is 0 Å². The first-order valence-electron chi connectivity index (χ1n) is 5.68. The molecule has 0 aliphatic carbocycles. The van der Waals surface area contributed by atoms with Crippen molar-refractivity contribution in [3.63, 3.8) is 0 Å². The average molecular weight is 221 g/mol. The molecule has 1 rings (SSSR count). The Hall–Kier alpha value is -1.35. The van der Waals surface area contributed by atoms with E-state index in [-0.39, 0.29) is 12.3 Å². The van der Waals surface area contributed by atoms with Gasteiger partial charge in [0, 0.05) is 6.42 Å². The molecule has 0 radical (unpaired) electrons. The minimum atomic E-state index is -0.594. The lowest BCUT2D eigenvalue weighted by molar-refractivity contribution is -0.118. The maximum atomic E-state index is 10.6. The van der Waals surface area contributed by atoms with Crippen LogP contribution in [0, 0.1) is 0 Å². The molecule has 0 heterocycles. The molecule has 3 nitrogen and oxygen atoms in total.